The van der Waals surface area contributed by atoms with E-state index in [0.717, 1.165) is 12.8 Å². The second-order valence-electron chi connectivity index (χ2n) is 3.15. The van der Waals surface area contributed by atoms with Crippen molar-refractivity contribution in [2.45, 2.75) is 46.1 Å². The molecule has 0 aliphatic carbocycles. The van der Waals surface area contributed by atoms with Gasteiger partial charge in [0.2, 0.25) is 0 Å². The van der Waals surface area contributed by atoms with Crippen molar-refractivity contribution in [1.82, 2.24) is 0 Å². The fourth-order valence-corrected chi connectivity index (χ4v) is 1.00. The normalized spacial score (nSPS) is 16.0. The standard InChI is InChI=1S/C9H18O2/c1-4-9(11)7(2)5-6-8(3)10/h7-8,10H,4-6H2,1-3H3. The molecule has 0 aliphatic rings. The van der Waals surface area contributed by atoms with E-state index in [0.29, 0.717) is 12.2 Å². The van der Waals surface area contributed by atoms with Crippen LogP contribution in [0.4, 0.5) is 0 Å². The zero-order valence-corrected chi connectivity index (χ0v) is 7.63. The molecular weight excluding hydrogens is 140 g/mol. The Morgan fingerprint density at radius 2 is 1.91 bits per heavy atom. The van der Waals surface area contributed by atoms with Gasteiger partial charge in [-0.15, -0.1) is 0 Å². The van der Waals surface area contributed by atoms with Gasteiger partial charge in [0.1, 0.15) is 5.78 Å². The highest BCUT2D eigenvalue weighted by atomic mass is 16.3. The van der Waals surface area contributed by atoms with Gasteiger partial charge in [0.25, 0.3) is 0 Å². The third kappa shape index (κ3) is 4.96. The summed E-state index contributed by atoms with van der Waals surface area (Å²) < 4.78 is 0. The minimum atomic E-state index is -0.276. The summed E-state index contributed by atoms with van der Waals surface area (Å²) >= 11 is 0. The zero-order chi connectivity index (χ0) is 8.85. The number of rotatable bonds is 5. The third-order valence-electron chi connectivity index (χ3n) is 1.92. The van der Waals surface area contributed by atoms with Crippen LogP contribution in [0.15, 0.2) is 0 Å². The SMILES string of the molecule is CCC(=O)C(C)CCC(C)O. The molecule has 66 valence electrons. The van der Waals surface area contributed by atoms with E-state index in [4.69, 9.17) is 5.11 Å². The Morgan fingerprint density at radius 1 is 1.36 bits per heavy atom. The first-order chi connectivity index (χ1) is 5.07. The van der Waals surface area contributed by atoms with Crippen LogP contribution in [0.25, 0.3) is 0 Å². The molecule has 11 heavy (non-hydrogen) atoms. The molecule has 2 atom stereocenters. The summed E-state index contributed by atoms with van der Waals surface area (Å²) in [5, 5.41) is 8.94. The van der Waals surface area contributed by atoms with Gasteiger partial charge >= 0.3 is 0 Å². The van der Waals surface area contributed by atoms with Crippen molar-refractivity contribution in [3.8, 4) is 0 Å². The van der Waals surface area contributed by atoms with E-state index in [1.165, 1.54) is 0 Å². The molecule has 2 heteroatoms. The summed E-state index contributed by atoms with van der Waals surface area (Å²) in [5.41, 5.74) is 0. The molecule has 0 aromatic rings. The van der Waals surface area contributed by atoms with E-state index in [-0.39, 0.29) is 12.0 Å². The fourth-order valence-electron chi connectivity index (χ4n) is 1.00. The lowest BCUT2D eigenvalue weighted by Gasteiger charge is -2.09. The monoisotopic (exact) mass is 158 g/mol. The van der Waals surface area contributed by atoms with Crippen LogP contribution < -0.4 is 0 Å². The van der Waals surface area contributed by atoms with Gasteiger partial charge in [-0.2, -0.15) is 0 Å². The molecule has 0 aromatic carbocycles. The maximum Gasteiger partial charge on any atom is 0.135 e. The minimum Gasteiger partial charge on any atom is -0.393 e. The largest absolute Gasteiger partial charge is 0.393 e. The molecule has 0 spiro atoms. The van der Waals surface area contributed by atoms with E-state index in [2.05, 4.69) is 0 Å². The Labute approximate surface area is 68.6 Å². The van der Waals surface area contributed by atoms with E-state index >= 15 is 0 Å². The minimum absolute atomic E-state index is 0.120. The maximum absolute atomic E-state index is 11.0. The average molecular weight is 158 g/mol. The number of hydrogen-bond acceptors (Lipinski definition) is 2. The van der Waals surface area contributed by atoms with E-state index < -0.39 is 0 Å². The number of Topliss-reactive ketones (excluding diaryl/α,β-unsaturated/α-hetero) is 1. The number of aliphatic hydroxyl groups is 1. The van der Waals surface area contributed by atoms with Gasteiger partial charge in [-0.1, -0.05) is 13.8 Å². The van der Waals surface area contributed by atoms with Gasteiger partial charge in [0.05, 0.1) is 6.10 Å². The Bertz CT molecular complexity index is 119. The molecule has 0 amide bonds. The molecule has 0 heterocycles. The quantitative estimate of drug-likeness (QED) is 0.662. The first kappa shape index (κ1) is 10.6. The van der Waals surface area contributed by atoms with Crippen LogP contribution in [-0.2, 0) is 4.79 Å². The van der Waals surface area contributed by atoms with Crippen LogP contribution in [-0.4, -0.2) is 17.0 Å². The number of carbonyl (C=O) groups is 1. The summed E-state index contributed by atoms with van der Waals surface area (Å²) in [6, 6.07) is 0. The number of ketones is 1. The highest BCUT2D eigenvalue weighted by Crippen LogP contribution is 2.10. The van der Waals surface area contributed by atoms with Crippen molar-refractivity contribution in [1.29, 1.82) is 0 Å². The number of carbonyl (C=O) groups excluding carboxylic acids is 1. The number of hydrogen-bond donors (Lipinski definition) is 1. The Kier molecular flexibility index (Phi) is 5.12. The van der Waals surface area contributed by atoms with Crippen LogP contribution in [0.1, 0.15) is 40.0 Å². The Morgan fingerprint density at radius 3 is 2.27 bits per heavy atom. The molecule has 2 unspecified atom stereocenters. The van der Waals surface area contributed by atoms with Crippen LogP contribution in [0, 0.1) is 5.92 Å². The predicted molar refractivity (Wildman–Crippen MR) is 45.4 cm³/mol. The Hall–Kier alpha value is -0.370. The summed E-state index contributed by atoms with van der Waals surface area (Å²) in [7, 11) is 0. The average Bonchev–Trinajstić information content (AvgIpc) is 1.98. The van der Waals surface area contributed by atoms with Crippen LogP contribution in [0.2, 0.25) is 0 Å². The highest BCUT2D eigenvalue weighted by molar-refractivity contribution is 5.80. The topological polar surface area (TPSA) is 37.3 Å². The maximum atomic E-state index is 11.0. The summed E-state index contributed by atoms with van der Waals surface area (Å²) in [6.07, 6.45) is 1.88. The van der Waals surface area contributed by atoms with E-state index in [9.17, 15) is 4.79 Å². The van der Waals surface area contributed by atoms with Gasteiger partial charge in [-0.25, -0.2) is 0 Å². The van der Waals surface area contributed by atoms with E-state index in [1.807, 2.05) is 13.8 Å². The van der Waals surface area contributed by atoms with Gasteiger partial charge in [0.15, 0.2) is 0 Å². The zero-order valence-electron chi connectivity index (χ0n) is 7.63. The lowest BCUT2D eigenvalue weighted by Crippen LogP contribution is -2.12. The molecular formula is C9H18O2. The second-order valence-corrected chi connectivity index (χ2v) is 3.15. The van der Waals surface area contributed by atoms with Crippen molar-refractivity contribution in [2.24, 2.45) is 5.92 Å². The fraction of sp³-hybridized carbons (Fsp3) is 0.889. The smallest absolute Gasteiger partial charge is 0.135 e. The molecule has 0 rings (SSSR count). The van der Waals surface area contributed by atoms with Crippen LogP contribution >= 0.6 is 0 Å². The second kappa shape index (κ2) is 5.30. The Balaban J connectivity index is 3.52. The van der Waals surface area contributed by atoms with Gasteiger partial charge < -0.3 is 5.11 Å². The third-order valence-corrected chi connectivity index (χ3v) is 1.92. The van der Waals surface area contributed by atoms with Gasteiger partial charge in [-0.3, -0.25) is 4.79 Å². The lowest BCUT2D eigenvalue weighted by molar-refractivity contribution is -0.122. The van der Waals surface area contributed by atoms with Crippen LogP contribution in [0.3, 0.4) is 0 Å². The number of aliphatic hydroxyl groups excluding tert-OH is 1. The van der Waals surface area contributed by atoms with Crippen molar-refractivity contribution >= 4 is 5.78 Å². The first-order valence-corrected chi connectivity index (χ1v) is 4.28. The van der Waals surface area contributed by atoms with Gasteiger partial charge in [-0.05, 0) is 19.8 Å². The molecule has 0 saturated carbocycles. The van der Waals surface area contributed by atoms with Crippen molar-refractivity contribution in [3.05, 3.63) is 0 Å². The van der Waals surface area contributed by atoms with E-state index in [1.54, 1.807) is 6.92 Å². The summed E-state index contributed by atoms with van der Waals surface area (Å²) in [4.78, 5) is 11.0. The predicted octanol–water partition coefficient (Wildman–Crippen LogP) is 1.76. The summed E-state index contributed by atoms with van der Waals surface area (Å²) in [5.74, 6) is 0.417. The molecule has 0 aliphatic heterocycles. The molecule has 0 radical (unpaired) electrons. The van der Waals surface area contributed by atoms with Crippen molar-refractivity contribution < 1.29 is 9.90 Å². The first-order valence-electron chi connectivity index (χ1n) is 4.28. The van der Waals surface area contributed by atoms with Crippen LogP contribution in [0.5, 0.6) is 0 Å². The molecule has 2 nitrogen and oxygen atoms in total. The van der Waals surface area contributed by atoms with Gasteiger partial charge in [0, 0.05) is 12.3 Å². The van der Waals surface area contributed by atoms with Crippen molar-refractivity contribution in [3.63, 3.8) is 0 Å². The highest BCUT2D eigenvalue weighted by Gasteiger charge is 2.10. The lowest BCUT2D eigenvalue weighted by atomic mass is 9.97. The molecule has 0 bridgehead atoms. The summed E-state index contributed by atoms with van der Waals surface area (Å²) in [6.45, 7) is 5.55. The molecule has 0 fully saturated rings. The van der Waals surface area contributed by atoms with Crippen molar-refractivity contribution in [2.75, 3.05) is 0 Å². The molecule has 0 saturated heterocycles. The molecule has 0 aromatic heterocycles. The molecule has 1 N–H and O–H groups in total.